The molecule has 0 saturated heterocycles. The van der Waals surface area contributed by atoms with Crippen LogP contribution in [0.3, 0.4) is 0 Å². The Balaban J connectivity index is 1.65. The number of benzene rings is 2. The second kappa shape index (κ2) is 7.67. The molecular formula is C19H23N3O4S. The van der Waals surface area contributed by atoms with Gasteiger partial charge in [-0.2, -0.15) is 0 Å². The zero-order valence-electron chi connectivity index (χ0n) is 15.3. The second-order valence-electron chi connectivity index (χ2n) is 6.63. The van der Waals surface area contributed by atoms with Crippen molar-refractivity contribution in [3.63, 3.8) is 0 Å². The van der Waals surface area contributed by atoms with Gasteiger partial charge in [0.15, 0.2) is 0 Å². The lowest BCUT2D eigenvalue weighted by Crippen LogP contribution is -2.28. The van der Waals surface area contributed by atoms with Crippen molar-refractivity contribution >= 4 is 27.3 Å². The summed E-state index contributed by atoms with van der Waals surface area (Å²) in [6.07, 6.45) is -0.0201. The Morgan fingerprint density at radius 1 is 1.22 bits per heavy atom. The van der Waals surface area contributed by atoms with Crippen molar-refractivity contribution in [2.24, 2.45) is 0 Å². The number of likely N-dealkylation sites (N-methyl/N-ethyl adjacent to an activating group) is 1. The normalized spacial score (nSPS) is 14.7. The van der Waals surface area contributed by atoms with E-state index < -0.39 is 16.1 Å². The van der Waals surface area contributed by atoms with Gasteiger partial charge in [-0.1, -0.05) is 12.1 Å². The van der Waals surface area contributed by atoms with Gasteiger partial charge in [-0.05, 0) is 47.9 Å². The van der Waals surface area contributed by atoms with Crippen LogP contribution in [0.25, 0.3) is 0 Å². The largest absolute Gasteiger partial charge is 0.387 e. The number of hydrogen-bond acceptors (Lipinski definition) is 5. The molecule has 0 aromatic heterocycles. The molecule has 2 aromatic rings. The quantitative estimate of drug-likeness (QED) is 0.698. The molecule has 144 valence electrons. The molecule has 1 aliphatic heterocycles. The number of nitrogens with zero attached hydrogens (tertiary/aromatic N) is 1. The van der Waals surface area contributed by atoms with Gasteiger partial charge in [0.25, 0.3) is 0 Å². The molecule has 1 atom stereocenters. The number of anilines is 2. The van der Waals surface area contributed by atoms with Crippen LogP contribution < -0.4 is 14.9 Å². The molecular weight excluding hydrogens is 366 g/mol. The highest BCUT2D eigenvalue weighted by molar-refractivity contribution is 7.89. The highest BCUT2D eigenvalue weighted by Crippen LogP contribution is 2.29. The van der Waals surface area contributed by atoms with Gasteiger partial charge < -0.3 is 15.3 Å². The molecule has 3 N–H and O–H groups in total. The van der Waals surface area contributed by atoms with Crippen molar-refractivity contribution in [1.29, 1.82) is 0 Å². The average molecular weight is 389 g/mol. The minimum absolute atomic E-state index is 0.0689. The van der Waals surface area contributed by atoms with Gasteiger partial charge in [0.2, 0.25) is 15.9 Å². The van der Waals surface area contributed by atoms with Crippen molar-refractivity contribution in [3.05, 3.63) is 53.6 Å². The number of nitrogens with one attached hydrogen (secondary N) is 2. The van der Waals surface area contributed by atoms with E-state index in [1.165, 1.54) is 31.2 Å². The minimum Gasteiger partial charge on any atom is -0.387 e. The molecule has 3 rings (SSSR count). The summed E-state index contributed by atoms with van der Waals surface area (Å²) in [5, 5.41) is 13.0. The van der Waals surface area contributed by atoms with E-state index in [1.807, 2.05) is 25.2 Å². The van der Waals surface area contributed by atoms with E-state index in [9.17, 15) is 18.3 Å². The van der Waals surface area contributed by atoms with E-state index in [-0.39, 0.29) is 17.3 Å². The van der Waals surface area contributed by atoms with Crippen LogP contribution in [0.2, 0.25) is 0 Å². The van der Waals surface area contributed by atoms with Crippen LogP contribution in [0.15, 0.2) is 47.4 Å². The lowest BCUT2D eigenvalue weighted by molar-refractivity contribution is -0.114. The molecule has 1 aliphatic rings. The monoisotopic (exact) mass is 389 g/mol. The van der Waals surface area contributed by atoms with E-state index >= 15 is 0 Å². The summed E-state index contributed by atoms with van der Waals surface area (Å²) in [6, 6.07) is 11.6. The van der Waals surface area contributed by atoms with Crippen LogP contribution in [-0.4, -0.2) is 39.6 Å². The fraction of sp³-hybridized carbons (Fsp3) is 0.316. The highest BCUT2D eigenvalue weighted by atomic mass is 32.2. The summed E-state index contributed by atoms with van der Waals surface area (Å²) < 4.78 is 27.3. The van der Waals surface area contributed by atoms with Crippen molar-refractivity contribution < 1.29 is 18.3 Å². The number of carbonyl (C=O) groups is 1. The lowest BCUT2D eigenvalue weighted by Gasteiger charge is -2.16. The average Bonchev–Trinajstić information content (AvgIpc) is 3.00. The first kappa shape index (κ1) is 19.3. The number of sulfonamides is 1. The van der Waals surface area contributed by atoms with Gasteiger partial charge in [0, 0.05) is 38.4 Å². The van der Waals surface area contributed by atoms with Gasteiger partial charge in [-0.3, -0.25) is 4.79 Å². The molecule has 0 spiro atoms. The Hall–Kier alpha value is -2.42. The van der Waals surface area contributed by atoms with E-state index in [0.29, 0.717) is 11.3 Å². The van der Waals surface area contributed by atoms with Crippen LogP contribution in [0.4, 0.5) is 11.4 Å². The number of aliphatic hydroxyl groups is 1. The van der Waals surface area contributed by atoms with Gasteiger partial charge in [-0.15, -0.1) is 0 Å². The van der Waals surface area contributed by atoms with E-state index in [0.717, 1.165) is 24.2 Å². The number of carbonyl (C=O) groups excluding carboxylic acids is 1. The second-order valence-corrected chi connectivity index (χ2v) is 8.40. The summed E-state index contributed by atoms with van der Waals surface area (Å²) in [6.45, 7) is 2.20. The van der Waals surface area contributed by atoms with Crippen molar-refractivity contribution in [1.82, 2.24) is 4.72 Å². The topological polar surface area (TPSA) is 98.7 Å². The molecule has 1 unspecified atom stereocenters. The fourth-order valence-electron chi connectivity index (χ4n) is 3.10. The SMILES string of the molecule is CC(=O)Nc1ccc(S(=O)(=O)NCC(O)c2ccc3c(c2)CCN3C)cc1. The van der Waals surface area contributed by atoms with Crippen LogP contribution in [0, 0.1) is 0 Å². The molecule has 0 fully saturated rings. The Morgan fingerprint density at radius 2 is 1.93 bits per heavy atom. The summed E-state index contributed by atoms with van der Waals surface area (Å²) in [5.41, 5.74) is 3.51. The Morgan fingerprint density at radius 3 is 2.59 bits per heavy atom. The molecule has 0 saturated carbocycles. The van der Waals surface area contributed by atoms with Crippen LogP contribution >= 0.6 is 0 Å². The van der Waals surface area contributed by atoms with E-state index in [4.69, 9.17) is 0 Å². The number of fused-ring (bicyclic) bond motifs is 1. The number of rotatable bonds is 6. The lowest BCUT2D eigenvalue weighted by atomic mass is 10.0. The fourth-order valence-corrected chi connectivity index (χ4v) is 4.14. The number of hydrogen-bond donors (Lipinski definition) is 3. The third-order valence-corrected chi connectivity index (χ3v) is 6.01. The highest BCUT2D eigenvalue weighted by Gasteiger charge is 2.20. The molecule has 0 bridgehead atoms. The molecule has 27 heavy (non-hydrogen) atoms. The van der Waals surface area contributed by atoms with Crippen LogP contribution in [0.5, 0.6) is 0 Å². The smallest absolute Gasteiger partial charge is 0.240 e. The Bertz CT molecular complexity index is 942. The maximum absolute atomic E-state index is 12.4. The van der Waals surface area contributed by atoms with Gasteiger partial charge >= 0.3 is 0 Å². The molecule has 0 radical (unpaired) electrons. The Labute approximate surface area is 159 Å². The van der Waals surface area contributed by atoms with Gasteiger partial charge in [0.1, 0.15) is 0 Å². The zero-order valence-corrected chi connectivity index (χ0v) is 16.1. The maximum Gasteiger partial charge on any atom is 0.240 e. The first-order valence-electron chi connectivity index (χ1n) is 8.65. The third kappa shape index (κ3) is 4.47. The summed E-state index contributed by atoms with van der Waals surface area (Å²) >= 11 is 0. The molecule has 2 aromatic carbocycles. The molecule has 0 aliphatic carbocycles. The Kier molecular flexibility index (Phi) is 5.50. The summed E-state index contributed by atoms with van der Waals surface area (Å²) in [5.74, 6) is -0.229. The summed E-state index contributed by atoms with van der Waals surface area (Å²) in [4.78, 5) is 13.2. The van der Waals surface area contributed by atoms with Crippen molar-refractivity contribution in [2.75, 3.05) is 30.4 Å². The number of aliphatic hydroxyl groups excluding tert-OH is 1. The van der Waals surface area contributed by atoms with E-state index in [1.54, 1.807) is 0 Å². The van der Waals surface area contributed by atoms with Gasteiger partial charge in [-0.25, -0.2) is 13.1 Å². The minimum atomic E-state index is -3.76. The predicted molar refractivity (Wildman–Crippen MR) is 104 cm³/mol. The molecule has 1 amide bonds. The van der Waals surface area contributed by atoms with Crippen molar-refractivity contribution in [2.45, 2.75) is 24.3 Å². The number of amides is 1. The first-order valence-corrected chi connectivity index (χ1v) is 10.1. The zero-order chi connectivity index (χ0) is 19.6. The van der Waals surface area contributed by atoms with Gasteiger partial charge in [0.05, 0.1) is 11.0 Å². The predicted octanol–water partition coefficient (Wildman–Crippen LogP) is 1.65. The van der Waals surface area contributed by atoms with Crippen molar-refractivity contribution in [3.8, 4) is 0 Å². The molecule has 8 heteroatoms. The first-order chi connectivity index (χ1) is 12.8. The maximum atomic E-state index is 12.4. The van der Waals surface area contributed by atoms with Crippen LogP contribution in [0.1, 0.15) is 24.2 Å². The van der Waals surface area contributed by atoms with Crippen LogP contribution in [-0.2, 0) is 21.2 Å². The molecule has 7 nitrogen and oxygen atoms in total. The molecule has 1 heterocycles. The van der Waals surface area contributed by atoms with E-state index in [2.05, 4.69) is 14.9 Å². The standard InChI is InChI=1S/C19H23N3O4S/c1-13(23)21-16-4-6-17(7-5-16)27(25,26)20-12-19(24)15-3-8-18-14(11-15)9-10-22(18)2/h3-8,11,19-20,24H,9-10,12H2,1-2H3,(H,21,23). The summed E-state index contributed by atoms with van der Waals surface area (Å²) in [7, 11) is -1.74. The third-order valence-electron chi connectivity index (χ3n) is 4.57.